The fourth-order valence-electron chi connectivity index (χ4n) is 7.49. The maximum Gasteiger partial charge on any atom is 0.269 e. The second-order valence-electron chi connectivity index (χ2n) is 15.2. The standard InChI is InChI=1S/C48H52N2O12/c1-32-43(56-28-35-17-9-4-10-18-35)45(57-29-36-19-11-5-12-20-36)46(58-30-37-21-13-6-14-22-37)48(59-32)62-44-41(49-33(2)51)47(60-39-25-23-38(24-26-39)50(53)54)61-40(42(44)52)31-55-27-34-15-7-3-8-16-34/h3-26,32,40-48,52H,27-31H2,1-2H3,(H,49,51)/t32-,40-,41-,42-,43+,44-,45+,46-,47-,48-/m1/s1. The zero-order valence-corrected chi connectivity index (χ0v) is 34.6. The monoisotopic (exact) mass is 848 g/mol. The number of ether oxygens (including phenoxy) is 8. The van der Waals surface area contributed by atoms with E-state index in [1.165, 1.54) is 31.2 Å². The molecule has 2 aliphatic heterocycles. The molecule has 2 fully saturated rings. The summed E-state index contributed by atoms with van der Waals surface area (Å²) in [5.41, 5.74) is 3.56. The number of aliphatic hydroxyl groups is 1. The number of nitro benzene ring substituents is 1. The van der Waals surface area contributed by atoms with Crippen molar-refractivity contribution in [2.24, 2.45) is 0 Å². The first kappa shape index (κ1) is 44.5. The highest BCUT2D eigenvalue weighted by atomic mass is 16.7. The quantitative estimate of drug-likeness (QED) is 0.0671. The van der Waals surface area contributed by atoms with E-state index in [1.54, 1.807) is 0 Å². The minimum absolute atomic E-state index is 0.0864. The van der Waals surface area contributed by atoms with Crippen molar-refractivity contribution in [2.75, 3.05) is 6.61 Å². The van der Waals surface area contributed by atoms with Gasteiger partial charge in [-0.2, -0.15) is 0 Å². The number of non-ortho nitro benzene ring substituents is 1. The molecule has 2 heterocycles. The molecular weight excluding hydrogens is 797 g/mol. The Morgan fingerprint density at radius 1 is 0.645 bits per heavy atom. The van der Waals surface area contributed by atoms with E-state index in [0.717, 1.165) is 22.3 Å². The number of rotatable bonds is 19. The van der Waals surface area contributed by atoms with E-state index in [4.69, 9.17) is 37.9 Å². The zero-order valence-electron chi connectivity index (χ0n) is 34.6. The number of carbonyl (C=O) groups is 1. The predicted octanol–water partition coefficient (Wildman–Crippen LogP) is 6.67. The molecule has 7 rings (SSSR count). The fraction of sp³-hybridized carbons (Fsp3) is 0.354. The third-order valence-electron chi connectivity index (χ3n) is 10.6. The Kier molecular flexibility index (Phi) is 15.8. The van der Waals surface area contributed by atoms with Crippen LogP contribution in [0.1, 0.15) is 36.1 Å². The number of amides is 1. The zero-order chi connectivity index (χ0) is 43.3. The third kappa shape index (κ3) is 12.1. The molecule has 0 spiro atoms. The van der Waals surface area contributed by atoms with E-state index in [9.17, 15) is 20.0 Å². The van der Waals surface area contributed by atoms with Crippen LogP contribution in [-0.2, 0) is 64.4 Å². The van der Waals surface area contributed by atoms with Gasteiger partial charge in [0.25, 0.3) is 5.69 Å². The number of nitrogens with one attached hydrogen (secondary N) is 1. The van der Waals surface area contributed by atoms with E-state index in [-0.39, 0.29) is 44.5 Å². The van der Waals surface area contributed by atoms with Gasteiger partial charge in [-0.3, -0.25) is 14.9 Å². The molecule has 2 saturated heterocycles. The Labute approximate surface area is 360 Å². The predicted molar refractivity (Wildman–Crippen MR) is 226 cm³/mol. The number of nitro groups is 1. The van der Waals surface area contributed by atoms with Crippen molar-refractivity contribution in [3.05, 3.63) is 178 Å². The smallest absolute Gasteiger partial charge is 0.269 e. The summed E-state index contributed by atoms with van der Waals surface area (Å²) in [5, 5.41) is 26.5. The van der Waals surface area contributed by atoms with Crippen LogP contribution in [0.2, 0.25) is 0 Å². The summed E-state index contributed by atoms with van der Waals surface area (Å²) in [6, 6.07) is 43.1. The number of carbonyl (C=O) groups excluding carboxylic acids is 1. The van der Waals surface area contributed by atoms with E-state index >= 15 is 0 Å². The van der Waals surface area contributed by atoms with Gasteiger partial charge < -0.3 is 48.3 Å². The number of aliphatic hydroxyl groups excluding tert-OH is 1. The molecule has 5 aromatic rings. The lowest BCUT2D eigenvalue weighted by atomic mass is 9.95. The van der Waals surface area contributed by atoms with Gasteiger partial charge in [0.1, 0.15) is 48.4 Å². The van der Waals surface area contributed by atoms with Crippen LogP contribution in [0.15, 0.2) is 146 Å². The SMILES string of the molecule is CC(=O)N[C@H]1[C@H](Oc2ccc([N+](=O)[O-])cc2)O[C@H](COCc2ccccc2)[C@@H](O)[C@@H]1O[C@H]1O[C@H](C)[C@H](OCc2ccccc2)[C@H](OCc2ccccc2)[C@H]1OCc1ccccc1. The van der Waals surface area contributed by atoms with Crippen LogP contribution >= 0.6 is 0 Å². The second-order valence-corrected chi connectivity index (χ2v) is 15.2. The normalized spacial score (nSPS) is 26.0. The average Bonchev–Trinajstić information content (AvgIpc) is 3.29. The summed E-state index contributed by atoms with van der Waals surface area (Å²) in [7, 11) is 0. The van der Waals surface area contributed by atoms with E-state index < -0.39 is 72.2 Å². The largest absolute Gasteiger partial charge is 0.463 e. The van der Waals surface area contributed by atoms with Crippen LogP contribution in [0.4, 0.5) is 5.69 Å². The van der Waals surface area contributed by atoms with Gasteiger partial charge in [0.15, 0.2) is 6.29 Å². The topological polar surface area (TPSA) is 166 Å². The first-order valence-electron chi connectivity index (χ1n) is 20.6. The molecule has 0 radical (unpaired) electrons. The van der Waals surface area contributed by atoms with Gasteiger partial charge in [-0.25, -0.2) is 0 Å². The molecule has 326 valence electrons. The number of hydrogen-bond donors (Lipinski definition) is 2. The van der Waals surface area contributed by atoms with Gasteiger partial charge in [-0.1, -0.05) is 121 Å². The van der Waals surface area contributed by atoms with Crippen LogP contribution in [0.5, 0.6) is 5.75 Å². The van der Waals surface area contributed by atoms with Crippen molar-refractivity contribution >= 4 is 11.6 Å². The molecule has 0 saturated carbocycles. The van der Waals surface area contributed by atoms with Crippen LogP contribution in [-0.4, -0.2) is 83.9 Å². The summed E-state index contributed by atoms with van der Waals surface area (Å²) in [4.78, 5) is 23.8. The Bertz CT molecular complexity index is 2120. The molecular formula is C48H52N2O12. The van der Waals surface area contributed by atoms with Crippen molar-refractivity contribution in [3.8, 4) is 5.75 Å². The average molecular weight is 849 g/mol. The maximum absolute atomic E-state index is 12.9. The van der Waals surface area contributed by atoms with Crippen LogP contribution < -0.4 is 10.1 Å². The Morgan fingerprint density at radius 3 is 1.63 bits per heavy atom. The summed E-state index contributed by atoms with van der Waals surface area (Å²) in [5.74, 6) is -0.238. The highest BCUT2D eigenvalue weighted by molar-refractivity contribution is 5.73. The lowest BCUT2D eigenvalue weighted by molar-refractivity contribution is -0.384. The minimum atomic E-state index is -1.40. The van der Waals surface area contributed by atoms with Crippen molar-refractivity contribution < 1.29 is 52.7 Å². The van der Waals surface area contributed by atoms with Crippen LogP contribution in [0.25, 0.3) is 0 Å². The van der Waals surface area contributed by atoms with Gasteiger partial charge >= 0.3 is 0 Å². The Hall–Kier alpha value is -5.55. The van der Waals surface area contributed by atoms with Crippen LogP contribution in [0, 0.1) is 10.1 Å². The van der Waals surface area contributed by atoms with E-state index in [2.05, 4.69) is 5.32 Å². The lowest BCUT2D eigenvalue weighted by Gasteiger charge is -2.49. The molecule has 0 aliphatic carbocycles. The molecule has 62 heavy (non-hydrogen) atoms. The van der Waals surface area contributed by atoms with E-state index in [0.29, 0.717) is 0 Å². The van der Waals surface area contributed by atoms with Gasteiger partial charge in [0.2, 0.25) is 12.2 Å². The minimum Gasteiger partial charge on any atom is -0.463 e. The van der Waals surface area contributed by atoms with Crippen molar-refractivity contribution in [2.45, 2.75) is 102 Å². The van der Waals surface area contributed by atoms with Crippen molar-refractivity contribution in [3.63, 3.8) is 0 Å². The Balaban J connectivity index is 1.22. The molecule has 14 nitrogen and oxygen atoms in total. The molecule has 10 atom stereocenters. The van der Waals surface area contributed by atoms with Gasteiger partial charge in [-0.05, 0) is 41.3 Å². The highest BCUT2D eigenvalue weighted by Gasteiger charge is 2.53. The summed E-state index contributed by atoms with van der Waals surface area (Å²) in [6.45, 7) is 3.99. The van der Waals surface area contributed by atoms with Gasteiger partial charge in [-0.15, -0.1) is 0 Å². The molecule has 2 N–H and O–H groups in total. The summed E-state index contributed by atoms with van der Waals surface area (Å²) < 4.78 is 52.4. The molecule has 1 amide bonds. The Morgan fingerprint density at radius 2 is 1.13 bits per heavy atom. The molecule has 14 heteroatoms. The highest BCUT2D eigenvalue weighted by Crippen LogP contribution is 2.35. The van der Waals surface area contributed by atoms with Crippen molar-refractivity contribution in [1.29, 1.82) is 0 Å². The molecule has 0 unspecified atom stereocenters. The van der Waals surface area contributed by atoms with Crippen molar-refractivity contribution in [1.82, 2.24) is 5.32 Å². The third-order valence-corrected chi connectivity index (χ3v) is 10.6. The molecule has 5 aromatic carbocycles. The maximum atomic E-state index is 12.9. The van der Waals surface area contributed by atoms with Crippen LogP contribution in [0.3, 0.4) is 0 Å². The second kappa shape index (κ2) is 22.0. The molecule has 2 aliphatic rings. The number of nitrogens with zero attached hydrogens (tertiary/aromatic N) is 1. The number of benzene rings is 5. The number of hydrogen-bond acceptors (Lipinski definition) is 12. The van der Waals surface area contributed by atoms with E-state index in [1.807, 2.05) is 128 Å². The fourth-order valence-corrected chi connectivity index (χ4v) is 7.49. The van der Waals surface area contributed by atoms with Gasteiger partial charge in [0.05, 0.1) is 44.1 Å². The summed E-state index contributed by atoms with van der Waals surface area (Å²) >= 11 is 0. The van der Waals surface area contributed by atoms with Gasteiger partial charge in [0, 0.05) is 19.1 Å². The summed E-state index contributed by atoms with van der Waals surface area (Å²) in [6.07, 6.45) is -9.08. The lowest BCUT2D eigenvalue weighted by Crippen LogP contribution is -2.68. The first-order valence-corrected chi connectivity index (χ1v) is 20.6. The first-order chi connectivity index (χ1) is 30.2. The molecule has 0 bridgehead atoms. The molecule has 0 aromatic heterocycles.